The molecule has 3 heteroatoms. The van der Waals surface area contributed by atoms with E-state index in [9.17, 15) is 0 Å². The minimum absolute atomic E-state index is 0.993. The number of hydrogen-bond acceptors (Lipinski definition) is 3. The average Bonchev–Trinajstić information content (AvgIpc) is 2.31. The van der Waals surface area contributed by atoms with Gasteiger partial charge in [-0.05, 0) is 13.0 Å². The topological polar surface area (TPSA) is 24.5 Å². The predicted octanol–water partition coefficient (Wildman–Crippen LogP) is 1.41. The van der Waals surface area contributed by atoms with E-state index in [0.29, 0.717) is 0 Å². The molecule has 1 heterocycles. The molecular weight excluding hydrogens is 200 g/mol. The first-order chi connectivity index (χ1) is 7.79. The van der Waals surface area contributed by atoms with Crippen LogP contribution in [0.2, 0.25) is 0 Å². The van der Waals surface area contributed by atoms with E-state index in [1.54, 1.807) is 7.11 Å². The van der Waals surface area contributed by atoms with Gasteiger partial charge in [0.1, 0.15) is 5.75 Å². The number of piperazine rings is 1. The Morgan fingerprint density at radius 1 is 1.31 bits per heavy atom. The first-order valence-electron chi connectivity index (χ1n) is 5.86. The molecular formula is C13H20N2O. The highest BCUT2D eigenvalue weighted by molar-refractivity contribution is 5.36. The van der Waals surface area contributed by atoms with Gasteiger partial charge in [0.05, 0.1) is 7.11 Å². The minimum atomic E-state index is 0.993. The lowest BCUT2D eigenvalue weighted by molar-refractivity contribution is 0.230. The van der Waals surface area contributed by atoms with E-state index in [4.69, 9.17) is 4.74 Å². The molecule has 0 radical (unpaired) electrons. The molecule has 0 amide bonds. The molecule has 1 N–H and O–H groups in total. The van der Waals surface area contributed by atoms with Crippen LogP contribution in [0.4, 0.5) is 0 Å². The van der Waals surface area contributed by atoms with Crippen molar-refractivity contribution in [2.75, 3.05) is 33.3 Å². The van der Waals surface area contributed by atoms with Crippen molar-refractivity contribution in [3.8, 4) is 5.75 Å². The lowest BCUT2D eigenvalue weighted by Gasteiger charge is -2.27. The number of rotatable bonds is 3. The number of methoxy groups -OCH3 is 1. The fourth-order valence-electron chi connectivity index (χ4n) is 2.14. The summed E-state index contributed by atoms with van der Waals surface area (Å²) in [5.74, 6) is 1.00. The molecule has 88 valence electrons. The van der Waals surface area contributed by atoms with Gasteiger partial charge in [0.25, 0.3) is 0 Å². The Kier molecular flexibility index (Phi) is 3.80. The van der Waals surface area contributed by atoms with E-state index < -0.39 is 0 Å². The molecule has 1 fully saturated rings. The quantitative estimate of drug-likeness (QED) is 0.833. The lowest BCUT2D eigenvalue weighted by atomic mass is 10.1. The lowest BCUT2D eigenvalue weighted by Crippen LogP contribution is -2.42. The zero-order chi connectivity index (χ0) is 11.4. The Morgan fingerprint density at radius 3 is 2.75 bits per heavy atom. The zero-order valence-electron chi connectivity index (χ0n) is 10.1. The molecule has 1 saturated heterocycles. The third kappa shape index (κ3) is 2.74. The second-order valence-electron chi connectivity index (χ2n) is 4.34. The molecule has 0 bridgehead atoms. The van der Waals surface area contributed by atoms with Crippen LogP contribution in [0.25, 0.3) is 0 Å². The van der Waals surface area contributed by atoms with Gasteiger partial charge in [-0.15, -0.1) is 0 Å². The van der Waals surface area contributed by atoms with Gasteiger partial charge >= 0.3 is 0 Å². The maximum Gasteiger partial charge on any atom is 0.123 e. The molecule has 0 atom stereocenters. The molecule has 1 aromatic carbocycles. The van der Waals surface area contributed by atoms with Crippen LogP contribution in [0.3, 0.4) is 0 Å². The Balaban J connectivity index is 2.09. The molecule has 3 nitrogen and oxygen atoms in total. The van der Waals surface area contributed by atoms with Gasteiger partial charge < -0.3 is 10.1 Å². The zero-order valence-corrected chi connectivity index (χ0v) is 10.1. The average molecular weight is 220 g/mol. The summed E-state index contributed by atoms with van der Waals surface area (Å²) in [5.41, 5.74) is 2.59. The van der Waals surface area contributed by atoms with E-state index in [1.807, 2.05) is 0 Å². The molecule has 0 aromatic heterocycles. The Bertz CT molecular complexity index is 346. The van der Waals surface area contributed by atoms with Gasteiger partial charge in [-0.1, -0.05) is 17.7 Å². The number of nitrogens with one attached hydrogen (secondary N) is 1. The van der Waals surface area contributed by atoms with Crippen LogP contribution in [0.15, 0.2) is 18.2 Å². The van der Waals surface area contributed by atoms with Crippen molar-refractivity contribution in [3.05, 3.63) is 29.3 Å². The van der Waals surface area contributed by atoms with Gasteiger partial charge in [-0.25, -0.2) is 0 Å². The number of hydrogen-bond donors (Lipinski definition) is 1. The van der Waals surface area contributed by atoms with Crippen LogP contribution in [-0.2, 0) is 6.54 Å². The van der Waals surface area contributed by atoms with E-state index in [-0.39, 0.29) is 0 Å². The number of nitrogens with zero attached hydrogens (tertiary/aromatic N) is 1. The van der Waals surface area contributed by atoms with Crippen LogP contribution in [0, 0.1) is 6.92 Å². The SMILES string of the molecule is COc1ccc(C)cc1CN1CCNCC1. The number of benzene rings is 1. The fourth-order valence-corrected chi connectivity index (χ4v) is 2.14. The molecule has 0 unspecified atom stereocenters. The van der Waals surface area contributed by atoms with E-state index >= 15 is 0 Å². The van der Waals surface area contributed by atoms with E-state index in [1.165, 1.54) is 11.1 Å². The monoisotopic (exact) mass is 220 g/mol. The summed E-state index contributed by atoms with van der Waals surface area (Å²) < 4.78 is 5.40. The van der Waals surface area contributed by atoms with Gasteiger partial charge in [0.2, 0.25) is 0 Å². The highest BCUT2D eigenvalue weighted by Crippen LogP contribution is 2.21. The Labute approximate surface area is 97.4 Å². The van der Waals surface area contributed by atoms with Crippen molar-refractivity contribution in [3.63, 3.8) is 0 Å². The van der Waals surface area contributed by atoms with Crippen LogP contribution < -0.4 is 10.1 Å². The van der Waals surface area contributed by atoms with Crippen molar-refractivity contribution in [2.45, 2.75) is 13.5 Å². The fraction of sp³-hybridized carbons (Fsp3) is 0.538. The second-order valence-corrected chi connectivity index (χ2v) is 4.34. The Morgan fingerprint density at radius 2 is 2.06 bits per heavy atom. The van der Waals surface area contributed by atoms with E-state index in [0.717, 1.165) is 38.5 Å². The third-order valence-corrected chi connectivity index (χ3v) is 3.04. The van der Waals surface area contributed by atoms with Gasteiger partial charge in [0, 0.05) is 38.3 Å². The summed E-state index contributed by atoms with van der Waals surface area (Å²) in [6, 6.07) is 6.38. The minimum Gasteiger partial charge on any atom is -0.496 e. The van der Waals surface area contributed by atoms with Gasteiger partial charge in [-0.3, -0.25) is 4.90 Å². The number of aryl methyl sites for hydroxylation is 1. The van der Waals surface area contributed by atoms with Crippen LogP contribution in [0.5, 0.6) is 5.75 Å². The molecule has 1 aliphatic rings. The van der Waals surface area contributed by atoms with Crippen molar-refractivity contribution < 1.29 is 4.74 Å². The second kappa shape index (κ2) is 5.32. The number of ether oxygens (including phenoxy) is 1. The van der Waals surface area contributed by atoms with Crippen LogP contribution in [-0.4, -0.2) is 38.2 Å². The smallest absolute Gasteiger partial charge is 0.123 e. The first-order valence-corrected chi connectivity index (χ1v) is 5.86. The van der Waals surface area contributed by atoms with Crippen LogP contribution in [0.1, 0.15) is 11.1 Å². The van der Waals surface area contributed by atoms with Crippen molar-refractivity contribution >= 4 is 0 Å². The predicted molar refractivity (Wildman–Crippen MR) is 65.9 cm³/mol. The molecule has 1 aliphatic heterocycles. The molecule has 16 heavy (non-hydrogen) atoms. The standard InChI is InChI=1S/C13H20N2O/c1-11-3-4-13(16-2)12(9-11)10-15-7-5-14-6-8-15/h3-4,9,14H,5-8,10H2,1-2H3. The summed E-state index contributed by atoms with van der Waals surface area (Å²) >= 11 is 0. The third-order valence-electron chi connectivity index (χ3n) is 3.04. The molecule has 0 saturated carbocycles. The van der Waals surface area contributed by atoms with Gasteiger partial charge in [0.15, 0.2) is 0 Å². The van der Waals surface area contributed by atoms with Crippen LogP contribution >= 0.6 is 0 Å². The molecule has 0 aliphatic carbocycles. The van der Waals surface area contributed by atoms with Crippen molar-refractivity contribution in [1.82, 2.24) is 10.2 Å². The summed E-state index contributed by atoms with van der Waals surface area (Å²) in [6.45, 7) is 7.55. The first kappa shape index (κ1) is 11.4. The summed E-state index contributed by atoms with van der Waals surface area (Å²) in [6.07, 6.45) is 0. The summed E-state index contributed by atoms with van der Waals surface area (Å²) in [4.78, 5) is 2.47. The summed E-state index contributed by atoms with van der Waals surface area (Å²) in [5, 5.41) is 3.37. The molecule has 2 rings (SSSR count). The largest absolute Gasteiger partial charge is 0.496 e. The highest BCUT2D eigenvalue weighted by Gasteiger charge is 2.12. The van der Waals surface area contributed by atoms with E-state index in [2.05, 4.69) is 35.3 Å². The molecule has 1 aromatic rings. The summed E-state index contributed by atoms with van der Waals surface area (Å²) in [7, 11) is 1.74. The normalized spacial score (nSPS) is 17.4. The van der Waals surface area contributed by atoms with Crippen molar-refractivity contribution in [1.29, 1.82) is 0 Å². The maximum absolute atomic E-state index is 5.40. The Hall–Kier alpha value is -1.06. The maximum atomic E-state index is 5.40. The van der Waals surface area contributed by atoms with Gasteiger partial charge in [-0.2, -0.15) is 0 Å². The highest BCUT2D eigenvalue weighted by atomic mass is 16.5. The molecule has 0 spiro atoms. The van der Waals surface area contributed by atoms with Crippen molar-refractivity contribution in [2.24, 2.45) is 0 Å².